The Morgan fingerprint density at radius 3 is 2.78 bits per heavy atom. The zero-order chi connectivity index (χ0) is 13.4. The number of hydrogen-bond donors (Lipinski definition) is 1. The molecule has 0 spiro atoms. The summed E-state index contributed by atoms with van der Waals surface area (Å²) < 4.78 is 5.29. The highest BCUT2D eigenvalue weighted by molar-refractivity contribution is 5.48. The molecule has 18 heavy (non-hydrogen) atoms. The minimum absolute atomic E-state index is 0.364. The van der Waals surface area contributed by atoms with Crippen molar-refractivity contribution in [3.05, 3.63) is 29.3 Å². The maximum atomic E-state index is 5.40. The lowest BCUT2D eigenvalue weighted by Gasteiger charge is -2.16. The average Bonchev–Trinajstić information content (AvgIpc) is 2.36. The topological polar surface area (TPSA) is 38.5 Å². The molecule has 1 aromatic carbocycles. The molecule has 0 amide bonds. The van der Waals surface area contributed by atoms with Crippen molar-refractivity contribution in [1.82, 2.24) is 4.90 Å². The first-order chi connectivity index (χ1) is 8.71. The van der Waals surface area contributed by atoms with Crippen molar-refractivity contribution >= 4 is 0 Å². The van der Waals surface area contributed by atoms with E-state index in [-0.39, 0.29) is 0 Å². The minimum Gasteiger partial charge on any atom is -0.495 e. The van der Waals surface area contributed by atoms with Gasteiger partial charge in [0.15, 0.2) is 0 Å². The highest BCUT2D eigenvalue weighted by Gasteiger charge is 2.04. The van der Waals surface area contributed by atoms with E-state index in [1.807, 2.05) is 6.07 Å². The van der Waals surface area contributed by atoms with E-state index in [1.54, 1.807) is 7.11 Å². The van der Waals surface area contributed by atoms with Crippen LogP contribution in [-0.2, 0) is 6.54 Å². The lowest BCUT2D eigenvalue weighted by molar-refractivity contribution is 0.327. The minimum atomic E-state index is 0.364. The highest BCUT2D eigenvalue weighted by Crippen LogP contribution is 2.19. The number of rotatable bonds is 5. The summed E-state index contributed by atoms with van der Waals surface area (Å²) in [4.78, 5) is 2.29. The molecule has 3 heteroatoms. The van der Waals surface area contributed by atoms with Crippen LogP contribution in [0.2, 0.25) is 0 Å². The fourth-order valence-corrected chi connectivity index (χ4v) is 1.87. The van der Waals surface area contributed by atoms with Gasteiger partial charge in [-0.2, -0.15) is 0 Å². The van der Waals surface area contributed by atoms with Gasteiger partial charge in [0, 0.05) is 6.54 Å². The summed E-state index contributed by atoms with van der Waals surface area (Å²) in [7, 11) is 3.78. The molecule has 3 nitrogen and oxygen atoms in total. The Kier molecular flexibility index (Phi) is 6.27. The zero-order valence-corrected chi connectivity index (χ0v) is 11.5. The first kappa shape index (κ1) is 14.6. The Bertz CT molecular complexity index is 432. The third kappa shape index (κ3) is 4.40. The van der Waals surface area contributed by atoms with Crippen molar-refractivity contribution in [3.8, 4) is 17.6 Å². The van der Waals surface area contributed by atoms with Gasteiger partial charge in [-0.1, -0.05) is 24.8 Å². The predicted octanol–water partition coefficient (Wildman–Crippen LogP) is 1.85. The van der Waals surface area contributed by atoms with Crippen molar-refractivity contribution in [3.63, 3.8) is 0 Å². The van der Waals surface area contributed by atoms with E-state index >= 15 is 0 Å². The largest absolute Gasteiger partial charge is 0.495 e. The standard InChI is InChI=1S/C15H22N2O/c1-4-10-17(2)12-13-7-8-15(18-3)14(11-13)6-5-9-16/h7-8,11H,4,9-10,12,16H2,1-3H3. The van der Waals surface area contributed by atoms with Gasteiger partial charge in [-0.05, 0) is 37.7 Å². The first-order valence-corrected chi connectivity index (χ1v) is 6.25. The van der Waals surface area contributed by atoms with Gasteiger partial charge in [-0.15, -0.1) is 0 Å². The van der Waals surface area contributed by atoms with E-state index in [2.05, 4.69) is 42.8 Å². The van der Waals surface area contributed by atoms with Crippen molar-refractivity contribution in [2.24, 2.45) is 5.73 Å². The third-order valence-electron chi connectivity index (χ3n) is 2.65. The summed E-state index contributed by atoms with van der Waals surface area (Å²) in [5.74, 6) is 6.72. The predicted molar refractivity (Wildman–Crippen MR) is 75.6 cm³/mol. The van der Waals surface area contributed by atoms with Gasteiger partial charge in [0.25, 0.3) is 0 Å². The number of nitrogens with zero attached hydrogens (tertiary/aromatic N) is 1. The van der Waals surface area contributed by atoms with Crippen LogP contribution in [-0.4, -0.2) is 32.1 Å². The third-order valence-corrected chi connectivity index (χ3v) is 2.65. The summed E-state index contributed by atoms with van der Waals surface area (Å²) in [6, 6.07) is 6.13. The van der Waals surface area contributed by atoms with Gasteiger partial charge in [0.05, 0.1) is 19.2 Å². The van der Waals surface area contributed by atoms with E-state index in [0.29, 0.717) is 6.54 Å². The van der Waals surface area contributed by atoms with Gasteiger partial charge in [0.1, 0.15) is 5.75 Å². The molecular formula is C15H22N2O. The first-order valence-electron chi connectivity index (χ1n) is 6.25. The normalized spacial score (nSPS) is 10.1. The van der Waals surface area contributed by atoms with E-state index < -0.39 is 0 Å². The molecule has 2 N–H and O–H groups in total. The number of benzene rings is 1. The van der Waals surface area contributed by atoms with Crippen LogP contribution < -0.4 is 10.5 Å². The zero-order valence-electron chi connectivity index (χ0n) is 11.5. The Morgan fingerprint density at radius 1 is 1.39 bits per heavy atom. The molecule has 0 aliphatic heterocycles. The highest BCUT2D eigenvalue weighted by atomic mass is 16.5. The Hall–Kier alpha value is -1.50. The molecule has 1 rings (SSSR count). The Morgan fingerprint density at radius 2 is 2.17 bits per heavy atom. The van der Waals surface area contributed by atoms with Crippen LogP contribution in [0.5, 0.6) is 5.75 Å². The van der Waals surface area contributed by atoms with Crippen molar-refractivity contribution in [2.45, 2.75) is 19.9 Å². The number of methoxy groups -OCH3 is 1. The van der Waals surface area contributed by atoms with Crippen LogP contribution in [0, 0.1) is 11.8 Å². The molecule has 0 heterocycles. The number of hydrogen-bond acceptors (Lipinski definition) is 3. The fourth-order valence-electron chi connectivity index (χ4n) is 1.87. The smallest absolute Gasteiger partial charge is 0.134 e. The second-order valence-electron chi connectivity index (χ2n) is 4.28. The molecule has 98 valence electrons. The van der Waals surface area contributed by atoms with Gasteiger partial charge >= 0.3 is 0 Å². The summed E-state index contributed by atoms with van der Waals surface area (Å²) in [5, 5.41) is 0. The van der Waals surface area contributed by atoms with E-state index in [9.17, 15) is 0 Å². The molecule has 1 aromatic rings. The SMILES string of the molecule is CCCN(C)Cc1ccc(OC)c(C#CCN)c1. The molecule has 0 unspecified atom stereocenters. The fraction of sp³-hybridized carbons (Fsp3) is 0.467. The lowest BCUT2D eigenvalue weighted by Crippen LogP contribution is -2.18. The molecule has 0 aliphatic carbocycles. The summed E-state index contributed by atoms with van der Waals surface area (Å²) in [5.41, 5.74) is 7.55. The molecular weight excluding hydrogens is 224 g/mol. The number of ether oxygens (including phenoxy) is 1. The van der Waals surface area contributed by atoms with Crippen LogP contribution in [0.1, 0.15) is 24.5 Å². The average molecular weight is 246 g/mol. The molecule has 0 saturated carbocycles. The quantitative estimate of drug-likeness (QED) is 0.806. The number of nitrogens with two attached hydrogens (primary N) is 1. The van der Waals surface area contributed by atoms with Crippen LogP contribution in [0.3, 0.4) is 0 Å². The molecule has 0 fully saturated rings. The van der Waals surface area contributed by atoms with Crippen LogP contribution in [0.25, 0.3) is 0 Å². The molecule has 0 bridgehead atoms. The molecule has 0 saturated heterocycles. The maximum Gasteiger partial charge on any atom is 0.134 e. The Balaban J connectivity index is 2.88. The molecule has 0 radical (unpaired) electrons. The van der Waals surface area contributed by atoms with Gasteiger partial charge in [0.2, 0.25) is 0 Å². The van der Waals surface area contributed by atoms with Crippen molar-refractivity contribution in [1.29, 1.82) is 0 Å². The lowest BCUT2D eigenvalue weighted by atomic mass is 10.1. The molecule has 0 aliphatic rings. The van der Waals surface area contributed by atoms with E-state index in [4.69, 9.17) is 10.5 Å². The van der Waals surface area contributed by atoms with E-state index in [1.165, 1.54) is 5.56 Å². The van der Waals surface area contributed by atoms with Crippen molar-refractivity contribution < 1.29 is 4.74 Å². The Labute approximate surface area is 110 Å². The van der Waals surface area contributed by atoms with Gasteiger partial charge in [-0.3, -0.25) is 0 Å². The van der Waals surface area contributed by atoms with Crippen LogP contribution >= 0.6 is 0 Å². The summed E-state index contributed by atoms with van der Waals surface area (Å²) >= 11 is 0. The maximum absolute atomic E-state index is 5.40. The van der Waals surface area contributed by atoms with Crippen LogP contribution in [0.4, 0.5) is 0 Å². The second kappa shape index (κ2) is 7.75. The summed E-state index contributed by atoms with van der Waals surface area (Å²) in [6.45, 7) is 4.57. The molecule has 0 aromatic heterocycles. The van der Waals surface area contributed by atoms with Gasteiger partial charge in [-0.25, -0.2) is 0 Å². The second-order valence-corrected chi connectivity index (χ2v) is 4.28. The molecule has 0 atom stereocenters. The van der Waals surface area contributed by atoms with E-state index in [0.717, 1.165) is 30.8 Å². The van der Waals surface area contributed by atoms with Crippen LogP contribution in [0.15, 0.2) is 18.2 Å². The monoisotopic (exact) mass is 246 g/mol. The van der Waals surface area contributed by atoms with Crippen molar-refractivity contribution in [2.75, 3.05) is 27.2 Å². The van der Waals surface area contributed by atoms with Gasteiger partial charge < -0.3 is 15.4 Å². The summed E-state index contributed by atoms with van der Waals surface area (Å²) in [6.07, 6.45) is 1.16.